The minimum absolute atomic E-state index is 0.0494. The van der Waals surface area contributed by atoms with Crippen LogP contribution in [0.2, 0.25) is 0 Å². The smallest absolute Gasteiger partial charge is 0.263 e. The number of halogens is 1. The van der Waals surface area contributed by atoms with Gasteiger partial charge in [0.2, 0.25) is 0 Å². The highest BCUT2D eigenvalue weighted by molar-refractivity contribution is 8.14. The third-order valence-corrected chi connectivity index (χ3v) is 4.00. The van der Waals surface area contributed by atoms with Crippen molar-refractivity contribution in [2.75, 3.05) is 0 Å². The second-order valence-electron chi connectivity index (χ2n) is 3.66. The van der Waals surface area contributed by atoms with E-state index >= 15 is 0 Å². The molecule has 0 aliphatic carbocycles. The van der Waals surface area contributed by atoms with Crippen molar-refractivity contribution in [1.29, 1.82) is 0 Å². The molecule has 0 aliphatic heterocycles. The summed E-state index contributed by atoms with van der Waals surface area (Å²) in [6.07, 6.45) is 3.05. The molecule has 0 fully saturated rings. The Balaban J connectivity index is 2.52. The van der Waals surface area contributed by atoms with E-state index in [1.165, 1.54) is 6.20 Å². The van der Waals surface area contributed by atoms with Gasteiger partial charge in [0.1, 0.15) is 4.90 Å². The number of hydrogen-bond donors (Lipinski definition) is 1. The number of nitrogens with zero attached hydrogens (tertiary/aromatic N) is 1. The first-order valence-corrected chi connectivity index (χ1v) is 7.18. The summed E-state index contributed by atoms with van der Waals surface area (Å²) in [7, 11) is 1.59. The van der Waals surface area contributed by atoms with Crippen LogP contribution >= 0.6 is 10.7 Å². The summed E-state index contributed by atoms with van der Waals surface area (Å²) in [6.45, 7) is 0. The van der Waals surface area contributed by atoms with E-state index in [-0.39, 0.29) is 4.90 Å². The molecule has 86 valence electrons. The molecule has 0 radical (unpaired) electrons. The van der Waals surface area contributed by atoms with Crippen molar-refractivity contribution >= 4 is 41.5 Å². The molecule has 0 saturated heterocycles. The molecule has 0 bridgehead atoms. The molecular weight excluding hydrogens is 260 g/mol. The average Bonchev–Trinajstić information content (AvgIpc) is 2.72. The molecule has 2 aromatic heterocycles. The number of aromatic nitrogens is 2. The number of fused-ring (bicyclic) bond motifs is 3. The van der Waals surface area contributed by atoms with Crippen LogP contribution in [-0.2, 0) is 9.05 Å². The molecule has 2 heterocycles. The first-order chi connectivity index (χ1) is 8.07. The van der Waals surface area contributed by atoms with E-state index in [4.69, 9.17) is 10.7 Å². The average molecular weight is 267 g/mol. The molecule has 1 N–H and O–H groups in total. The fourth-order valence-corrected chi connectivity index (χ4v) is 2.88. The number of benzene rings is 1. The van der Waals surface area contributed by atoms with Crippen molar-refractivity contribution in [3.05, 3.63) is 36.7 Å². The van der Waals surface area contributed by atoms with E-state index in [0.717, 1.165) is 10.9 Å². The standard InChI is InChI=1S/C11H7ClN2O2S/c12-17(15,16)9-6-14-11-8(9)4-3-7-2-1-5-13-10(7)11/h1-6,13H. The van der Waals surface area contributed by atoms with E-state index in [2.05, 4.69) is 9.97 Å². The summed E-state index contributed by atoms with van der Waals surface area (Å²) in [5.41, 5.74) is 1.42. The van der Waals surface area contributed by atoms with Crippen molar-refractivity contribution in [1.82, 2.24) is 9.97 Å². The Morgan fingerprint density at radius 1 is 1.24 bits per heavy atom. The third-order valence-electron chi connectivity index (χ3n) is 2.65. The number of H-pyrrole nitrogens is 1. The zero-order chi connectivity index (χ0) is 12.0. The maximum absolute atomic E-state index is 11.4. The van der Waals surface area contributed by atoms with Gasteiger partial charge in [-0.25, -0.2) is 8.42 Å². The number of pyridine rings is 1. The van der Waals surface area contributed by atoms with Gasteiger partial charge in [0.25, 0.3) is 9.05 Å². The first-order valence-electron chi connectivity index (χ1n) is 4.87. The quantitative estimate of drug-likeness (QED) is 0.689. The van der Waals surface area contributed by atoms with Gasteiger partial charge in [0.05, 0.1) is 11.0 Å². The van der Waals surface area contributed by atoms with Crippen LogP contribution in [0.5, 0.6) is 0 Å². The topological polar surface area (TPSA) is 62.8 Å². The van der Waals surface area contributed by atoms with Crippen LogP contribution in [0, 0.1) is 0 Å². The lowest BCUT2D eigenvalue weighted by Gasteiger charge is -1.99. The van der Waals surface area contributed by atoms with E-state index < -0.39 is 9.05 Å². The molecule has 0 aliphatic rings. The summed E-state index contributed by atoms with van der Waals surface area (Å²) in [5, 5.41) is 1.51. The van der Waals surface area contributed by atoms with Crippen LogP contribution in [0.25, 0.3) is 21.8 Å². The Morgan fingerprint density at radius 2 is 2.06 bits per heavy atom. The highest BCUT2D eigenvalue weighted by Crippen LogP contribution is 2.29. The molecule has 1 aromatic carbocycles. The lowest BCUT2D eigenvalue weighted by molar-refractivity contribution is 0.610. The van der Waals surface area contributed by atoms with Gasteiger partial charge in [-0.3, -0.25) is 4.98 Å². The summed E-state index contributed by atoms with van der Waals surface area (Å²) in [4.78, 5) is 7.23. The monoisotopic (exact) mass is 266 g/mol. The van der Waals surface area contributed by atoms with Gasteiger partial charge in [-0.15, -0.1) is 0 Å². The molecule has 3 aromatic rings. The molecule has 17 heavy (non-hydrogen) atoms. The van der Waals surface area contributed by atoms with Crippen molar-refractivity contribution < 1.29 is 8.42 Å². The summed E-state index contributed by atoms with van der Waals surface area (Å²) >= 11 is 0. The van der Waals surface area contributed by atoms with Gasteiger partial charge < -0.3 is 4.98 Å². The molecular formula is C11H7ClN2O2S. The predicted molar refractivity (Wildman–Crippen MR) is 66.6 cm³/mol. The van der Waals surface area contributed by atoms with Crippen molar-refractivity contribution in [3.8, 4) is 0 Å². The molecule has 0 unspecified atom stereocenters. The zero-order valence-corrected chi connectivity index (χ0v) is 10.1. The van der Waals surface area contributed by atoms with Crippen LogP contribution in [0.15, 0.2) is 41.6 Å². The van der Waals surface area contributed by atoms with E-state index in [0.29, 0.717) is 10.9 Å². The highest BCUT2D eigenvalue weighted by Gasteiger charge is 2.17. The highest BCUT2D eigenvalue weighted by atomic mass is 35.7. The first kappa shape index (κ1) is 10.6. The molecule has 0 amide bonds. The summed E-state index contributed by atoms with van der Waals surface area (Å²) < 4.78 is 22.7. The zero-order valence-electron chi connectivity index (χ0n) is 8.51. The van der Waals surface area contributed by atoms with Crippen LogP contribution in [0.4, 0.5) is 0 Å². The lowest BCUT2D eigenvalue weighted by Crippen LogP contribution is -1.88. The van der Waals surface area contributed by atoms with Crippen LogP contribution in [-0.4, -0.2) is 18.4 Å². The van der Waals surface area contributed by atoms with Crippen LogP contribution in [0.1, 0.15) is 0 Å². The molecule has 0 saturated carbocycles. The van der Waals surface area contributed by atoms with Gasteiger partial charge in [0, 0.05) is 33.8 Å². The summed E-state index contributed by atoms with van der Waals surface area (Å²) in [6, 6.07) is 7.35. The van der Waals surface area contributed by atoms with E-state index in [9.17, 15) is 8.42 Å². The fourth-order valence-electron chi connectivity index (χ4n) is 1.90. The molecule has 0 spiro atoms. The maximum atomic E-state index is 11.4. The van der Waals surface area contributed by atoms with Crippen LogP contribution in [0.3, 0.4) is 0 Å². The minimum Gasteiger partial charge on any atom is -0.359 e. The number of aromatic amines is 1. The second kappa shape index (κ2) is 3.45. The Hall–Kier alpha value is -1.59. The van der Waals surface area contributed by atoms with Crippen molar-refractivity contribution in [2.45, 2.75) is 4.90 Å². The fraction of sp³-hybridized carbons (Fsp3) is 0. The van der Waals surface area contributed by atoms with E-state index in [1.54, 1.807) is 12.3 Å². The Kier molecular flexibility index (Phi) is 2.14. The normalized spacial score (nSPS) is 12.3. The summed E-state index contributed by atoms with van der Waals surface area (Å²) in [5.74, 6) is 0. The Labute approximate surface area is 102 Å². The van der Waals surface area contributed by atoms with Crippen LogP contribution < -0.4 is 0 Å². The Bertz CT molecular complexity index is 824. The van der Waals surface area contributed by atoms with Gasteiger partial charge >= 0.3 is 0 Å². The minimum atomic E-state index is -3.76. The number of hydrogen-bond acceptors (Lipinski definition) is 3. The van der Waals surface area contributed by atoms with Crippen molar-refractivity contribution in [2.24, 2.45) is 0 Å². The number of nitrogens with one attached hydrogen (secondary N) is 1. The molecule has 6 heteroatoms. The molecule has 0 atom stereocenters. The van der Waals surface area contributed by atoms with Gasteiger partial charge in [-0.2, -0.15) is 0 Å². The predicted octanol–water partition coefficient (Wildman–Crippen LogP) is 2.64. The van der Waals surface area contributed by atoms with Gasteiger partial charge in [-0.1, -0.05) is 18.2 Å². The van der Waals surface area contributed by atoms with Crippen molar-refractivity contribution in [3.63, 3.8) is 0 Å². The molecule has 4 nitrogen and oxygen atoms in total. The molecule has 3 rings (SSSR count). The largest absolute Gasteiger partial charge is 0.359 e. The third kappa shape index (κ3) is 1.59. The SMILES string of the molecule is O=S(=O)(Cl)c1cnc2c1ccc1ccc[nH]c12. The second-order valence-corrected chi connectivity index (χ2v) is 6.19. The van der Waals surface area contributed by atoms with E-state index in [1.807, 2.05) is 18.2 Å². The lowest BCUT2D eigenvalue weighted by atomic mass is 10.1. The van der Waals surface area contributed by atoms with Gasteiger partial charge in [-0.05, 0) is 6.07 Å². The Morgan fingerprint density at radius 3 is 2.82 bits per heavy atom. The maximum Gasteiger partial charge on any atom is 0.263 e. The number of rotatable bonds is 1. The van der Waals surface area contributed by atoms with Gasteiger partial charge in [0.15, 0.2) is 0 Å².